The van der Waals surface area contributed by atoms with Gasteiger partial charge >= 0.3 is 6.03 Å². The quantitative estimate of drug-likeness (QED) is 0.515. The highest BCUT2D eigenvalue weighted by atomic mass is 35.5. The van der Waals surface area contributed by atoms with Crippen LogP contribution in [0.1, 0.15) is 29.7 Å². The molecule has 1 aliphatic rings. The SMILES string of the molecule is CC1=C(C(=O)Nc2cc(C)ccc2C)C(c2ccc(Cl)c([N+](=O)[O-])c2)NC(=O)N1. The van der Waals surface area contributed by atoms with Crippen molar-refractivity contribution in [3.8, 4) is 0 Å². The van der Waals surface area contributed by atoms with Gasteiger partial charge in [-0.3, -0.25) is 14.9 Å². The van der Waals surface area contributed by atoms with Crippen LogP contribution in [0.4, 0.5) is 16.2 Å². The molecule has 0 aromatic heterocycles. The summed E-state index contributed by atoms with van der Waals surface area (Å²) >= 11 is 5.89. The number of urea groups is 1. The Morgan fingerprint density at radius 1 is 1.17 bits per heavy atom. The van der Waals surface area contributed by atoms with E-state index < -0.39 is 22.9 Å². The third kappa shape index (κ3) is 4.22. The van der Waals surface area contributed by atoms with E-state index in [0.717, 1.165) is 11.1 Å². The zero-order chi connectivity index (χ0) is 21.3. The average molecular weight is 415 g/mol. The van der Waals surface area contributed by atoms with Crippen molar-refractivity contribution in [2.24, 2.45) is 0 Å². The van der Waals surface area contributed by atoms with Crippen LogP contribution in [-0.2, 0) is 4.79 Å². The maximum atomic E-state index is 13.1. The summed E-state index contributed by atoms with van der Waals surface area (Å²) in [6.45, 7) is 5.39. The molecule has 9 heteroatoms. The van der Waals surface area contributed by atoms with Crippen molar-refractivity contribution in [1.29, 1.82) is 0 Å². The Bertz CT molecular complexity index is 1060. The number of nitro benzene ring substituents is 1. The zero-order valence-electron chi connectivity index (χ0n) is 16.0. The molecule has 1 heterocycles. The molecule has 0 fully saturated rings. The number of hydrogen-bond acceptors (Lipinski definition) is 4. The first-order chi connectivity index (χ1) is 13.7. The third-order valence-electron chi connectivity index (χ3n) is 4.66. The van der Waals surface area contributed by atoms with Gasteiger partial charge in [0.05, 0.1) is 16.5 Å². The van der Waals surface area contributed by atoms with Crippen LogP contribution >= 0.6 is 11.6 Å². The minimum Gasteiger partial charge on any atom is -0.327 e. The highest BCUT2D eigenvalue weighted by molar-refractivity contribution is 6.32. The molecule has 8 nitrogen and oxygen atoms in total. The van der Waals surface area contributed by atoms with E-state index >= 15 is 0 Å². The van der Waals surface area contributed by atoms with E-state index in [9.17, 15) is 19.7 Å². The lowest BCUT2D eigenvalue weighted by atomic mass is 9.94. The topological polar surface area (TPSA) is 113 Å². The largest absolute Gasteiger partial charge is 0.327 e. The number of halogens is 1. The molecular formula is C20H19ClN4O4. The minimum absolute atomic E-state index is 0.0268. The van der Waals surface area contributed by atoms with Crippen LogP contribution in [-0.4, -0.2) is 16.9 Å². The third-order valence-corrected chi connectivity index (χ3v) is 4.97. The van der Waals surface area contributed by atoms with Gasteiger partial charge in [0.2, 0.25) is 0 Å². The number of carbonyl (C=O) groups excluding carboxylic acids is 2. The number of aryl methyl sites for hydroxylation is 2. The van der Waals surface area contributed by atoms with Gasteiger partial charge in [-0.25, -0.2) is 4.79 Å². The van der Waals surface area contributed by atoms with Gasteiger partial charge in [-0.1, -0.05) is 29.8 Å². The Balaban J connectivity index is 2.02. The predicted octanol–water partition coefficient (Wildman–Crippen LogP) is 4.13. The van der Waals surface area contributed by atoms with Gasteiger partial charge in [0, 0.05) is 17.5 Å². The van der Waals surface area contributed by atoms with Gasteiger partial charge in [-0.15, -0.1) is 0 Å². The summed E-state index contributed by atoms with van der Waals surface area (Å²) in [5.74, 6) is -0.425. The van der Waals surface area contributed by atoms with Crippen LogP contribution in [0.2, 0.25) is 5.02 Å². The molecule has 3 amide bonds. The second kappa shape index (κ2) is 7.92. The van der Waals surface area contributed by atoms with Crippen molar-refractivity contribution in [1.82, 2.24) is 10.6 Å². The van der Waals surface area contributed by atoms with Gasteiger partial charge in [0.25, 0.3) is 11.6 Å². The lowest BCUT2D eigenvalue weighted by molar-refractivity contribution is -0.384. The maximum Gasteiger partial charge on any atom is 0.319 e. The second-order valence-corrected chi connectivity index (χ2v) is 7.22. The fraction of sp³-hybridized carbons (Fsp3) is 0.200. The molecule has 0 bridgehead atoms. The minimum atomic E-state index is -0.871. The zero-order valence-corrected chi connectivity index (χ0v) is 16.8. The Morgan fingerprint density at radius 2 is 1.90 bits per heavy atom. The van der Waals surface area contributed by atoms with E-state index in [1.807, 2.05) is 32.0 Å². The molecule has 2 aromatic carbocycles. The van der Waals surface area contributed by atoms with Gasteiger partial charge in [0.15, 0.2) is 0 Å². The van der Waals surface area contributed by atoms with E-state index in [0.29, 0.717) is 16.9 Å². The van der Waals surface area contributed by atoms with Crippen LogP contribution in [0, 0.1) is 24.0 Å². The van der Waals surface area contributed by atoms with Crippen molar-refractivity contribution in [3.05, 3.63) is 79.5 Å². The first-order valence-electron chi connectivity index (χ1n) is 8.78. The van der Waals surface area contributed by atoms with Crippen LogP contribution < -0.4 is 16.0 Å². The van der Waals surface area contributed by atoms with E-state index in [4.69, 9.17) is 11.6 Å². The van der Waals surface area contributed by atoms with Crippen LogP contribution in [0.25, 0.3) is 0 Å². The van der Waals surface area contributed by atoms with E-state index in [2.05, 4.69) is 16.0 Å². The summed E-state index contributed by atoms with van der Waals surface area (Å²) in [6, 6.07) is 8.49. The smallest absolute Gasteiger partial charge is 0.319 e. The molecule has 3 rings (SSSR count). The molecule has 1 atom stereocenters. The Hall–Kier alpha value is -3.39. The normalized spacial score (nSPS) is 16.1. The molecule has 0 spiro atoms. The van der Waals surface area contributed by atoms with Crippen molar-refractivity contribution >= 4 is 34.9 Å². The summed E-state index contributed by atoms with van der Waals surface area (Å²) in [5.41, 5.74) is 3.20. The van der Waals surface area contributed by atoms with Crippen molar-refractivity contribution in [2.75, 3.05) is 5.32 Å². The van der Waals surface area contributed by atoms with Gasteiger partial charge in [0.1, 0.15) is 5.02 Å². The summed E-state index contributed by atoms with van der Waals surface area (Å²) in [7, 11) is 0. The summed E-state index contributed by atoms with van der Waals surface area (Å²) in [5, 5.41) is 19.3. The molecule has 150 valence electrons. The lowest BCUT2D eigenvalue weighted by Crippen LogP contribution is -2.46. The number of hydrogen-bond donors (Lipinski definition) is 3. The first kappa shape index (κ1) is 20.3. The number of anilines is 1. The highest BCUT2D eigenvalue weighted by Gasteiger charge is 2.32. The number of nitrogens with one attached hydrogen (secondary N) is 3. The van der Waals surface area contributed by atoms with Gasteiger partial charge in [-0.2, -0.15) is 0 Å². The summed E-state index contributed by atoms with van der Waals surface area (Å²) in [4.78, 5) is 35.7. The van der Waals surface area contributed by atoms with Crippen molar-refractivity contribution < 1.29 is 14.5 Å². The Morgan fingerprint density at radius 3 is 2.59 bits per heavy atom. The monoisotopic (exact) mass is 414 g/mol. The molecular weight excluding hydrogens is 396 g/mol. The molecule has 0 aliphatic carbocycles. The molecule has 3 N–H and O–H groups in total. The number of carbonyl (C=O) groups is 2. The lowest BCUT2D eigenvalue weighted by Gasteiger charge is -2.28. The molecule has 0 saturated heterocycles. The maximum absolute atomic E-state index is 13.1. The Kier molecular flexibility index (Phi) is 5.56. The van der Waals surface area contributed by atoms with Crippen LogP contribution in [0.15, 0.2) is 47.7 Å². The summed E-state index contributed by atoms with van der Waals surface area (Å²) < 4.78 is 0. The molecule has 1 aliphatic heterocycles. The fourth-order valence-electron chi connectivity index (χ4n) is 3.15. The van der Waals surface area contributed by atoms with E-state index in [1.54, 1.807) is 13.0 Å². The number of benzene rings is 2. The Labute approximate surface area is 172 Å². The summed E-state index contributed by atoms with van der Waals surface area (Å²) in [6.07, 6.45) is 0. The molecule has 1 unspecified atom stereocenters. The molecule has 2 aromatic rings. The van der Waals surface area contributed by atoms with Crippen molar-refractivity contribution in [2.45, 2.75) is 26.8 Å². The number of amides is 3. The highest BCUT2D eigenvalue weighted by Crippen LogP contribution is 2.33. The molecule has 0 saturated carbocycles. The standard InChI is InChI=1S/C20H19ClN4O4/c1-10-4-5-11(2)15(8-10)23-19(26)17-12(3)22-20(27)24-18(17)13-6-7-14(21)16(9-13)25(28)29/h4-9,18H,1-3H3,(H,23,26)(H2,22,24,27). The van der Waals surface area contributed by atoms with E-state index in [1.165, 1.54) is 12.1 Å². The van der Waals surface area contributed by atoms with Crippen molar-refractivity contribution in [3.63, 3.8) is 0 Å². The average Bonchev–Trinajstić information content (AvgIpc) is 2.64. The molecule has 29 heavy (non-hydrogen) atoms. The predicted molar refractivity (Wildman–Crippen MR) is 110 cm³/mol. The number of allylic oxidation sites excluding steroid dienone is 1. The van der Waals surface area contributed by atoms with Crippen LogP contribution in [0.3, 0.4) is 0 Å². The second-order valence-electron chi connectivity index (χ2n) is 6.81. The number of rotatable bonds is 4. The van der Waals surface area contributed by atoms with Gasteiger partial charge < -0.3 is 16.0 Å². The number of nitro groups is 1. The first-order valence-corrected chi connectivity index (χ1v) is 9.16. The molecule has 0 radical (unpaired) electrons. The fourth-order valence-corrected chi connectivity index (χ4v) is 3.34. The number of nitrogens with zero attached hydrogens (tertiary/aromatic N) is 1. The van der Waals surface area contributed by atoms with Gasteiger partial charge in [-0.05, 0) is 49.6 Å². The van der Waals surface area contributed by atoms with E-state index in [-0.39, 0.29) is 16.3 Å². The van der Waals surface area contributed by atoms with Crippen LogP contribution in [0.5, 0.6) is 0 Å².